The molecule has 4 nitrogen and oxygen atoms in total. The Hall–Kier alpha value is -2.85. The number of carbonyl (C=O) groups excluding carboxylic acids is 1. The second-order valence-electron chi connectivity index (χ2n) is 7.35. The van der Waals surface area contributed by atoms with Gasteiger partial charge in [0.15, 0.2) is 5.78 Å². The summed E-state index contributed by atoms with van der Waals surface area (Å²) in [5, 5.41) is 0. The van der Waals surface area contributed by atoms with Crippen LogP contribution in [-0.4, -0.2) is 44.0 Å². The maximum Gasteiger partial charge on any atom is 0.188 e. The van der Waals surface area contributed by atoms with E-state index in [0.29, 0.717) is 0 Å². The van der Waals surface area contributed by atoms with E-state index < -0.39 is 0 Å². The lowest BCUT2D eigenvalue weighted by molar-refractivity contribution is -0.114. The number of methoxy groups -OCH3 is 2. The summed E-state index contributed by atoms with van der Waals surface area (Å²) in [5.41, 5.74) is 3.79. The van der Waals surface area contributed by atoms with E-state index in [-0.39, 0.29) is 17.9 Å². The van der Waals surface area contributed by atoms with Gasteiger partial charge in [0.05, 0.1) is 14.2 Å². The molecule has 0 aliphatic carbocycles. The number of ketones is 1. The van der Waals surface area contributed by atoms with Crippen LogP contribution in [0.4, 0.5) is 0 Å². The molecule has 0 unspecified atom stereocenters. The lowest BCUT2D eigenvalue weighted by Gasteiger charge is -2.34. The monoisotopic (exact) mass is 375 g/mol. The van der Waals surface area contributed by atoms with Crippen LogP contribution >= 0.6 is 0 Å². The van der Waals surface area contributed by atoms with Gasteiger partial charge in [-0.05, 0) is 67.4 Å². The van der Waals surface area contributed by atoms with Gasteiger partial charge < -0.3 is 9.47 Å². The van der Waals surface area contributed by atoms with Crippen molar-refractivity contribution in [2.24, 2.45) is 0 Å². The minimum atomic E-state index is 0.164. The predicted octanol–water partition coefficient (Wildman–Crippen LogP) is 4.22. The van der Waals surface area contributed by atoms with E-state index in [1.165, 1.54) is 0 Å². The molecule has 2 aromatic rings. The molecule has 2 aromatic carbocycles. The summed E-state index contributed by atoms with van der Waals surface area (Å²) in [6.07, 6.45) is 6.09. The molecule has 2 heterocycles. The highest BCUT2D eigenvalue weighted by atomic mass is 16.5. The summed E-state index contributed by atoms with van der Waals surface area (Å²) < 4.78 is 10.5. The van der Waals surface area contributed by atoms with Crippen LogP contribution in [0.3, 0.4) is 0 Å². The summed E-state index contributed by atoms with van der Waals surface area (Å²) in [6.45, 7) is 0. The molecule has 2 fully saturated rings. The molecule has 4 heteroatoms. The van der Waals surface area contributed by atoms with Gasteiger partial charge in [0.25, 0.3) is 0 Å². The Morgan fingerprint density at radius 2 is 1.18 bits per heavy atom. The van der Waals surface area contributed by atoms with Crippen molar-refractivity contribution in [3.63, 3.8) is 0 Å². The van der Waals surface area contributed by atoms with E-state index in [1.807, 2.05) is 60.7 Å². The molecule has 0 spiro atoms. The van der Waals surface area contributed by atoms with Crippen molar-refractivity contribution in [1.82, 2.24) is 4.90 Å². The Morgan fingerprint density at radius 3 is 1.54 bits per heavy atom. The third-order valence-electron chi connectivity index (χ3n) is 5.82. The third-order valence-corrected chi connectivity index (χ3v) is 5.82. The van der Waals surface area contributed by atoms with Crippen LogP contribution in [0.5, 0.6) is 11.5 Å². The van der Waals surface area contributed by atoms with Gasteiger partial charge in [-0.15, -0.1) is 0 Å². The molecule has 0 N–H and O–H groups in total. The maximum absolute atomic E-state index is 13.4. The zero-order chi connectivity index (χ0) is 19.7. The van der Waals surface area contributed by atoms with Crippen molar-refractivity contribution in [2.75, 3.05) is 21.3 Å². The molecule has 2 saturated heterocycles. The van der Waals surface area contributed by atoms with Gasteiger partial charge in [-0.1, -0.05) is 24.3 Å². The van der Waals surface area contributed by atoms with Crippen LogP contribution < -0.4 is 9.47 Å². The number of nitrogens with zero attached hydrogens (tertiary/aromatic N) is 1. The van der Waals surface area contributed by atoms with Crippen molar-refractivity contribution < 1.29 is 14.3 Å². The summed E-state index contributed by atoms with van der Waals surface area (Å²) >= 11 is 0. The topological polar surface area (TPSA) is 38.8 Å². The first kappa shape index (κ1) is 18.5. The normalized spacial score (nSPS) is 24.8. The van der Waals surface area contributed by atoms with Gasteiger partial charge in [-0.2, -0.15) is 0 Å². The fraction of sp³-hybridized carbons (Fsp3) is 0.292. The molecule has 0 saturated carbocycles. The van der Waals surface area contributed by atoms with Crippen LogP contribution in [0.2, 0.25) is 0 Å². The quantitative estimate of drug-likeness (QED) is 0.750. The lowest BCUT2D eigenvalue weighted by Crippen LogP contribution is -2.43. The van der Waals surface area contributed by atoms with E-state index >= 15 is 0 Å². The molecule has 0 aromatic heterocycles. The second-order valence-corrected chi connectivity index (χ2v) is 7.35. The van der Waals surface area contributed by atoms with E-state index in [2.05, 4.69) is 11.9 Å². The largest absolute Gasteiger partial charge is 0.497 e. The van der Waals surface area contributed by atoms with Gasteiger partial charge in [-0.3, -0.25) is 9.69 Å². The summed E-state index contributed by atoms with van der Waals surface area (Å²) in [5.74, 6) is 1.79. The molecule has 2 atom stereocenters. The Morgan fingerprint density at radius 1 is 0.786 bits per heavy atom. The molecular formula is C24H25NO3. The van der Waals surface area contributed by atoms with E-state index in [4.69, 9.17) is 9.47 Å². The lowest BCUT2D eigenvalue weighted by atomic mass is 9.88. The van der Waals surface area contributed by atoms with Crippen molar-refractivity contribution in [1.29, 1.82) is 0 Å². The number of hydrogen-bond donors (Lipinski definition) is 0. The highest BCUT2D eigenvalue weighted by molar-refractivity contribution is 6.16. The molecule has 144 valence electrons. The number of carbonyl (C=O) groups is 1. The summed E-state index contributed by atoms with van der Waals surface area (Å²) in [6, 6.07) is 16.0. The van der Waals surface area contributed by atoms with Crippen LogP contribution in [-0.2, 0) is 4.79 Å². The zero-order valence-electron chi connectivity index (χ0n) is 16.5. The molecule has 2 aliphatic rings. The number of hydrogen-bond acceptors (Lipinski definition) is 4. The van der Waals surface area contributed by atoms with Crippen LogP contribution in [0.25, 0.3) is 12.2 Å². The standard InChI is InChI=1S/C24H25NO3/c1-25-22-12-13-23(25)21(15-17-6-10-19(28-3)11-7-17)24(26)20(22)14-16-4-8-18(27-2)9-5-16/h4-11,14-15,22-23H,12-13H2,1-3H3/b20-14-,21-15+/t22-,23+/m0/s1. The number of piperidine rings is 1. The highest BCUT2D eigenvalue weighted by Crippen LogP contribution is 2.40. The SMILES string of the molecule is COc1ccc(/C=C2\C(=O)/C(=C/c3ccc(OC)cc3)[C@H]3CC[C@@H]2N3C)cc1. The minimum Gasteiger partial charge on any atom is -0.497 e. The Bertz CT molecular complexity index is 850. The number of fused-ring (bicyclic) bond motifs is 2. The number of likely N-dealkylation sites (N-methyl/N-ethyl adjacent to an activating group) is 1. The predicted molar refractivity (Wildman–Crippen MR) is 112 cm³/mol. The van der Waals surface area contributed by atoms with Crippen molar-refractivity contribution in [2.45, 2.75) is 24.9 Å². The fourth-order valence-electron chi connectivity index (χ4n) is 4.24. The second kappa shape index (κ2) is 7.64. The van der Waals surface area contributed by atoms with Crippen molar-refractivity contribution >= 4 is 17.9 Å². The Labute approximate surface area is 166 Å². The summed E-state index contributed by atoms with van der Waals surface area (Å²) in [7, 11) is 5.43. The van der Waals surface area contributed by atoms with Crippen LogP contribution in [0.1, 0.15) is 24.0 Å². The van der Waals surface area contributed by atoms with Gasteiger partial charge in [0.1, 0.15) is 11.5 Å². The van der Waals surface area contributed by atoms with Gasteiger partial charge in [0, 0.05) is 23.2 Å². The van der Waals surface area contributed by atoms with E-state index in [9.17, 15) is 4.79 Å². The Balaban J connectivity index is 1.70. The summed E-state index contributed by atoms with van der Waals surface area (Å²) in [4.78, 5) is 15.7. The van der Waals surface area contributed by atoms with Gasteiger partial charge in [-0.25, -0.2) is 0 Å². The minimum absolute atomic E-state index is 0.164. The van der Waals surface area contributed by atoms with Crippen molar-refractivity contribution in [3.05, 3.63) is 70.8 Å². The Kier molecular flexibility index (Phi) is 5.05. The van der Waals surface area contributed by atoms with E-state index in [0.717, 1.165) is 46.6 Å². The molecule has 28 heavy (non-hydrogen) atoms. The van der Waals surface area contributed by atoms with Gasteiger partial charge >= 0.3 is 0 Å². The van der Waals surface area contributed by atoms with E-state index in [1.54, 1.807) is 14.2 Å². The number of benzene rings is 2. The molecule has 4 rings (SSSR count). The fourth-order valence-corrected chi connectivity index (χ4v) is 4.24. The van der Waals surface area contributed by atoms with Crippen LogP contribution in [0, 0.1) is 0 Å². The third kappa shape index (κ3) is 3.36. The first-order valence-corrected chi connectivity index (χ1v) is 9.58. The van der Waals surface area contributed by atoms with Crippen LogP contribution in [0.15, 0.2) is 59.7 Å². The molecule has 0 amide bonds. The molecule has 2 bridgehead atoms. The first-order chi connectivity index (χ1) is 13.6. The average Bonchev–Trinajstić information content (AvgIpc) is 3.04. The molecule has 2 aliphatic heterocycles. The number of rotatable bonds is 4. The number of ether oxygens (including phenoxy) is 2. The molecule has 0 radical (unpaired) electrons. The smallest absolute Gasteiger partial charge is 0.188 e. The zero-order valence-corrected chi connectivity index (χ0v) is 16.5. The maximum atomic E-state index is 13.4. The highest BCUT2D eigenvalue weighted by Gasteiger charge is 2.44. The first-order valence-electron chi connectivity index (χ1n) is 9.58. The molecular weight excluding hydrogens is 350 g/mol. The van der Waals surface area contributed by atoms with Gasteiger partial charge in [0.2, 0.25) is 0 Å². The number of Topliss-reactive ketones (excluding diaryl/α,β-unsaturated/α-hetero) is 1. The average molecular weight is 375 g/mol. The van der Waals surface area contributed by atoms with Crippen molar-refractivity contribution in [3.8, 4) is 11.5 Å².